The molecular weight excluding hydrogens is 255 g/mol. The molecule has 1 amide bonds. The number of carbonyl (C=O) groups excluding carboxylic acids is 1. The van der Waals surface area contributed by atoms with Gasteiger partial charge >= 0.3 is 6.18 Å². The van der Waals surface area contributed by atoms with Gasteiger partial charge in [0.15, 0.2) is 0 Å². The highest BCUT2D eigenvalue weighted by atomic mass is 19.4. The fourth-order valence-electron chi connectivity index (χ4n) is 3.12. The second-order valence-electron chi connectivity index (χ2n) is 5.84. The minimum Gasteiger partial charge on any atom is -0.370 e. The Balaban J connectivity index is 2.13. The van der Waals surface area contributed by atoms with Crippen LogP contribution in [0.1, 0.15) is 38.5 Å². The molecule has 3 unspecified atom stereocenters. The lowest BCUT2D eigenvalue weighted by atomic mass is 9.72. The highest BCUT2D eigenvalue weighted by Crippen LogP contribution is 2.46. The third-order valence-electron chi connectivity index (χ3n) is 4.25. The van der Waals surface area contributed by atoms with Crippen LogP contribution in [0.15, 0.2) is 12.2 Å². The minimum absolute atomic E-state index is 0.0449. The Morgan fingerprint density at radius 1 is 1.32 bits per heavy atom. The van der Waals surface area contributed by atoms with Gasteiger partial charge < -0.3 is 5.73 Å². The van der Waals surface area contributed by atoms with Crippen molar-refractivity contribution in [2.75, 3.05) is 0 Å². The van der Waals surface area contributed by atoms with Gasteiger partial charge in [-0.1, -0.05) is 25.0 Å². The summed E-state index contributed by atoms with van der Waals surface area (Å²) in [6.07, 6.45) is 3.30. The van der Waals surface area contributed by atoms with Crippen molar-refractivity contribution in [3.05, 3.63) is 12.2 Å². The minimum atomic E-state index is -4.36. The molecule has 0 aromatic rings. The molecule has 19 heavy (non-hydrogen) atoms. The van der Waals surface area contributed by atoms with Crippen molar-refractivity contribution in [3.8, 4) is 0 Å². The quantitative estimate of drug-likeness (QED) is 0.767. The molecule has 0 saturated heterocycles. The first-order valence-electron chi connectivity index (χ1n) is 6.89. The molecule has 0 radical (unpaired) electrons. The topological polar surface area (TPSA) is 43.1 Å². The van der Waals surface area contributed by atoms with Gasteiger partial charge in [-0.25, -0.2) is 0 Å². The van der Waals surface area contributed by atoms with Gasteiger partial charge in [-0.3, -0.25) is 4.79 Å². The molecule has 0 heterocycles. The van der Waals surface area contributed by atoms with E-state index in [9.17, 15) is 18.0 Å². The number of hydrogen-bond acceptors (Lipinski definition) is 1. The van der Waals surface area contributed by atoms with Gasteiger partial charge in [0.1, 0.15) is 0 Å². The molecule has 2 N–H and O–H groups in total. The number of carbonyl (C=O) groups is 1. The van der Waals surface area contributed by atoms with Crippen LogP contribution in [-0.2, 0) is 4.79 Å². The van der Waals surface area contributed by atoms with Gasteiger partial charge in [-0.2, -0.15) is 13.2 Å². The Bertz CT molecular complexity index is 360. The zero-order chi connectivity index (χ0) is 14.0. The van der Waals surface area contributed by atoms with Gasteiger partial charge in [0.05, 0.1) is 5.92 Å². The van der Waals surface area contributed by atoms with Crippen LogP contribution in [0.5, 0.6) is 0 Å². The molecule has 0 bridgehead atoms. The van der Waals surface area contributed by atoms with Crippen molar-refractivity contribution in [3.63, 3.8) is 0 Å². The largest absolute Gasteiger partial charge is 0.392 e. The average Bonchev–Trinajstić information content (AvgIpc) is 3.09. The maximum atomic E-state index is 13.1. The molecular formula is C14H20F3NO. The van der Waals surface area contributed by atoms with Crippen molar-refractivity contribution in [2.24, 2.45) is 29.4 Å². The summed E-state index contributed by atoms with van der Waals surface area (Å²) in [6.45, 7) is 0. The molecule has 0 aromatic heterocycles. The monoisotopic (exact) mass is 275 g/mol. The van der Waals surface area contributed by atoms with E-state index in [-0.39, 0.29) is 5.92 Å². The smallest absolute Gasteiger partial charge is 0.370 e. The van der Waals surface area contributed by atoms with Gasteiger partial charge in [0.2, 0.25) is 5.91 Å². The SMILES string of the molecule is NC(=O)CC(C1C=CCCC1CC1CC1)C(F)(F)F. The van der Waals surface area contributed by atoms with Gasteiger partial charge in [0, 0.05) is 6.42 Å². The van der Waals surface area contributed by atoms with E-state index >= 15 is 0 Å². The Morgan fingerprint density at radius 3 is 2.53 bits per heavy atom. The van der Waals surface area contributed by atoms with Gasteiger partial charge in [-0.05, 0) is 37.0 Å². The standard InChI is InChI=1S/C14H20F3NO/c15-14(16,17)12(8-13(18)19)11-4-2-1-3-10(11)7-9-5-6-9/h2,4,9-12H,1,3,5-8H2,(H2,18,19). The zero-order valence-corrected chi connectivity index (χ0v) is 10.8. The van der Waals surface area contributed by atoms with E-state index in [4.69, 9.17) is 5.73 Å². The summed E-state index contributed by atoms with van der Waals surface area (Å²) in [7, 11) is 0. The molecule has 3 atom stereocenters. The lowest BCUT2D eigenvalue weighted by Gasteiger charge is -2.34. The van der Waals surface area contributed by atoms with Crippen molar-refractivity contribution in [2.45, 2.75) is 44.7 Å². The van der Waals surface area contributed by atoms with E-state index in [1.807, 2.05) is 6.08 Å². The average molecular weight is 275 g/mol. The van der Waals surface area contributed by atoms with E-state index in [1.54, 1.807) is 6.08 Å². The molecule has 0 aromatic carbocycles. The summed E-state index contributed by atoms with van der Waals surface area (Å²) in [5.41, 5.74) is 4.99. The summed E-state index contributed by atoms with van der Waals surface area (Å²) < 4.78 is 39.4. The first-order chi connectivity index (χ1) is 8.88. The number of alkyl halides is 3. The third-order valence-corrected chi connectivity index (χ3v) is 4.25. The molecule has 2 nitrogen and oxygen atoms in total. The van der Waals surface area contributed by atoms with Crippen molar-refractivity contribution in [1.29, 1.82) is 0 Å². The van der Waals surface area contributed by atoms with Crippen molar-refractivity contribution < 1.29 is 18.0 Å². The summed E-state index contributed by atoms with van der Waals surface area (Å²) >= 11 is 0. The van der Waals surface area contributed by atoms with Crippen LogP contribution in [0.25, 0.3) is 0 Å². The van der Waals surface area contributed by atoms with E-state index < -0.39 is 30.3 Å². The normalized spacial score (nSPS) is 29.2. The zero-order valence-electron chi connectivity index (χ0n) is 10.8. The second-order valence-corrected chi connectivity index (χ2v) is 5.84. The van der Waals surface area contributed by atoms with Crippen LogP contribution >= 0.6 is 0 Å². The number of amides is 1. The lowest BCUT2D eigenvalue weighted by Crippen LogP contribution is -2.37. The molecule has 108 valence electrons. The molecule has 1 saturated carbocycles. The fraction of sp³-hybridized carbons (Fsp3) is 0.786. The number of nitrogens with two attached hydrogens (primary N) is 1. The summed E-state index contributed by atoms with van der Waals surface area (Å²) in [6, 6.07) is 0. The molecule has 2 aliphatic carbocycles. The van der Waals surface area contributed by atoms with E-state index in [1.165, 1.54) is 0 Å². The van der Waals surface area contributed by atoms with Gasteiger partial charge in [-0.15, -0.1) is 0 Å². The van der Waals surface area contributed by atoms with E-state index in [2.05, 4.69) is 0 Å². The molecule has 2 rings (SSSR count). The Kier molecular flexibility index (Phi) is 4.21. The number of rotatable bonds is 5. The second kappa shape index (κ2) is 5.55. The summed E-state index contributed by atoms with van der Waals surface area (Å²) in [4.78, 5) is 10.9. The Morgan fingerprint density at radius 2 is 2.00 bits per heavy atom. The lowest BCUT2D eigenvalue weighted by molar-refractivity contribution is -0.192. The van der Waals surface area contributed by atoms with Crippen molar-refractivity contribution in [1.82, 2.24) is 0 Å². The highest BCUT2D eigenvalue weighted by Gasteiger charge is 2.47. The van der Waals surface area contributed by atoms with Crippen LogP contribution in [0.4, 0.5) is 13.2 Å². The molecule has 0 aliphatic heterocycles. The van der Waals surface area contributed by atoms with Crippen LogP contribution in [0.3, 0.4) is 0 Å². The predicted molar refractivity (Wildman–Crippen MR) is 66.1 cm³/mol. The van der Waals surface area contributed by atoms with E-state index in [0.29, 0.717) is 5.92 Å². The number of hydrogen-bond donors (Lipinski definition) is 1. The van der Waals surface area contributed by atoms with Crippen LogP contribution in [0, 0.1) is 23.7 Å². The summed E-state index contributed by atoms with van der Waals surface area (Å²) in [5.74, 6) is -2.43. The molecule has 2 aliphatic rings. The summed E-state index contributed by atoms with van der Waals surface area (Å²) in [5, 5.41) is 0. The first-order valence-corrected chi connectivity index (χ1v) is 6.89. The maximum absolute atomic E-state index is 13.1. The predicted octanol–water partition coefficient (Wildman–Crippen LogP) is 3.42. The van der Waals surface area contributed by atoms with E-state index in [0.717, 1.165) is 32.1 Å². The Hall–Kier alpha value is -1.00. The van der Waals surface area contributed by atoms with Crippen LogP contribution in [0.2, 0.25) is 0 Å². The van der Waals surface area contributed by atoms with Crippen LogP contribution in [-0.4, -0.2) is 12.1 Å². The molecule has 5 heteroatoms. The highest BCUT2D eigenvalue weighted by molar-refractivity contribution is 5.74. The number of primary amides is 1. The number of allylic oxidation sites excluding steroid dienone is 2. The molecule has 0 spiro atoms. The first kappa shape index (κ1) is 14.4. The molecule has 1 fully saturated rings. The Labute approximate surface area is 111 Å². The number of halogens is 3. The third kappa shape index (κ3) is 3.98. The fourth-order valence-corrected chi connectivity index (χ4v) is 3.12. The van der Waals surface area contributed by atoms with Crippen molar-refractivity contribution >= 4 is 5.91 Å². The van der Waals surface area contributed by atoms with Crippen LogP contribution < -0.4 is 5.73 Å². The van der Waals surface area contributed by atoms with Gasteiger partial charge in [0.25, 0.3) is 0 Å². The maximum Gasteiger partial charge on any atom is 0.392 e.